The maximum absolute atomic E-state index is 13.2. The van der Waals surface area contributed by atoms with Crippen LogP contribution >= 0.6 is 0 Å². The van der Waals surface area contributed by atoms with Crippen LogP contribution in [0.5, 0.6) is 0 Å². The number of aryl methyl sites for hydroxylation is 2. The van der Waals surface area contributed by atoms with Crippen LogP contribution < -0.4 is 0 Å². The van der Waals surface area contributed by atoms with Crippen molar-refractivity contribution in [3.05, 3.63) is 71.3 Å². The molecule has 0 spiro atoms. The molecule has 2 aromatic carbocycles. The molecule has 1 fully saturated rings. The summed E-state index contributed by atoms with van der Waals surface area (Å²) in [4.78, 5) is 24.0. The summed E-state index contributed by atoms with van der Waals surface area (Å²) in [6.45, 7) is 4.83. The lowest BCUT2D eigenvalue weighted by molar-refractivity contribution is -0.132. The van der Waals surface area contributed by atoms with Gasteiger partial charge in [-0.1, -0.05) is 42.5 Å². The van der Waals surface area contributed by atoms with Crippen molar-refractivity contribution in [3.8, 4) is 0 Å². The molecule has 152 valence electrons. The van der Waals surface area contributed by atoms with Gasteiger partial charge >= 0.3 is 0 Å². The molecule has 1 atom stereocenters. The molecule has 0 saturated carbocycles. The second-order valence-electron chi connectivity index (χ2n) is 8.05. The molecule has 0 radical (unpaired) electrons. The van der Waals surface area contributed by atoms with Gasteiger partial charge in [0.15, 0.2) is 0 Å². The van der Waals surface area contributed by atoms with E-state index in [0.29, 0.717) is 18.6 Å². The largest absolute Gasteiger partial charge is 0.336 e. The lowest BCUT2D eigenvalue weighted by atomic mass is 9.97. The van der Waals surface area contributed by atoms with E-state index in [1.807, 2.05) is 13.8 Å². The van der Waals surface area contributed by atoms with Crippen LogP contribution in [0.3, 0.4) is 0 Å². The highest BCUT2D eigenvalue weighted by atomic mass is 16.2. The highest BCUT2D eigenvalue weighted by Crippen LogP contribution is 2.36. The van der Waals surface area contributed by atoms with Crippen LogP contribution in [0.2, 0.25) is 0 Å². The zero-order valence-corrected chi connectivity index (χ0v) is 17.4. The number of amides is 1. The van der Waals surface area contributed by atoms with Crippen molar-refractivity contribution >= 4 is 22.5 Å². The Morgan fingerprint density at radius 3 is 2.87 bits per heavy atom. The Bertz CT molecular complexity index is 1240. The second-order valence-corrected chi connectivity index (χ2v) is 8.05. The summed E-state index contributed by atoms with van der Waals surface area (Å²) in [5.74, 6) is 0.818. The van der Waals surface area contributed by atoms with E-state index in [-0.39, 0.29) is 11.9 Å². The summed E-state index contributed by atoms with van der Waals surface area (Å²) < 4.78 is 1.75. The van der Waals surface area contributed by atoms with E-state index in [9.17, 15) is 4.79 Å². The first-order chi connectivity index (χ1) is 14.6. The van der Waals surface area contributed by atoms with Crippen molar-refractivity contribution < 1.29 is 4.79 Å². The number of nitrogens with zero attached hydrogens (tertiary/aromatic N) is 5. The molecule has 6 nitrogen and oxygen atoms in total. The van der Waals surface area contributed by atoms with E-state index < -0.39 is 0 Å². The normalized spacial score (nSPS) is 16.6. The summed E-state index contributed by atoms with van der Waals surface area (Å²) in [7, 11) is 0. The Kier molecular flexibility index (Phi) is 4.69. The quantitative estimate of drug-likeness (QED) is 0.516. The molecule has 0 bridgehead atoms. The highest BCUT2D eigenvalue weighted by molar-refractivity contribution is 5.87. The molecule has 4 aromatic rings. The average Bonchev–Trinajstić information content (AvgIpc) is 3.42. The Morgan fingerprint density at radius 2 is 1.97 bits per heavy atom. The molecule has 1 saturated heterocycles. The fourth-order valence-electron chi connectivity index (χ4n) is 4.82. The number of carbonyl (C=O) groups excluding carboxylic acids is 1. The van der Waals surface area contributed by atoms with Gasteiger partial charge in [0.25, 0.3) is 5.78 Å². The summed E-state index contributed by atoms with van der Waals surface area (Å²) in [6, 6.07) is 15.0. The van der Waals surface area contributed by atoms with Crippen LogP contribution in [0, 0.1) is 13.8 Å². The predicted octanol–water partition coefficient (Wildman–Crippen LogP) is 4.19. The van der Waals surface area contributed by atoms with Gasteiger partial charge in [0.05, 0.1) is 6.04 Å². The van der Waals surface area contributed by atoms with Crippen molar-refractivity contribution in [3.63, 3.8) is 0 Å². The third-order valence-corrected chi connectivity index (χ3v) is 6.33. The summed E-state index contributed by atoms with van der Waals surface area (Å²) >= 11 is 0. The maximum Gasteiger partial charge on any atom is 0.252 e. The summed E-state index contributed by atoms with van der Waals surface area (Å²) in [5.41, 5.74) is 4.28. The second kappa shape index (κ2) is 7.52. The molecule has 30 heavy (non-hydrogen) atoms. The average molecular weight is 399 g/mol. The molecule has 1 aliphatic heterocycles. The van der Waals surface area contributed by atoms with Crippen LogP contribution in [0.1, 0.15) is 47.8 Å². The van der Waals surface area contributed by atoms with Gasteiger partial charge < -0.3 is 4.90 Å². The number of likely N-dealkylation sites (tertiary alicyclic amines) is 1. The predicted molar refractivity (Wildman–Crippen MR) is 116 cm³/mol. The Labute approximate surface area is 175 Å². The smallest absolute Gasteiger partial charge is 0.252 e. The molecule has 2 aromatic heterocycles. The topological polar surface area (TPSA) is 63.4 Å². The number of fused-ring (bicyclic) bond motifs is 2. The van der Waals surface area contributed by atoms with Gasteiger partial charge in [-0.15, -0.1) is 0 Å². The molecule has 0 aliphatic carbocycles. The SMILES string of the molecule is Cc1nc2ncnn2c(C)c1CCC(=O)N1CCCC1c1cccc2ccccc12. The molecule has 1 amide bonds. The molecule has 3 heterocycles. The highest BCUT2D eigenvalue weighted by Gasteiger charge is 2.30. The summed E-state index contributed by atoms with van der Waals surface area (Å²) in [6.07, 6.45) is 4.72. The van der Waals surface area contributed by atoms with Crippen LogP contribution in [-0.2, 0) is 11.2 Å². The van der Waals surface area contributed by atoms with E-state index in [1.54, 1.807) is 4.52 Å². The number of benzene rings is 2. The van der Waals surface area contributed by atoms with Gasteiger partial charge in [-0.3, -0.25) is 4.79 Å². The zero-order chi connectivity index (χ0) is 20.7. The van der Waals surface area contributed by atoms with Gasteiger partial charge in [0.2, 0.25) is 5.91 Å². The number of aromatic nitrogens is 4. The number of hydrogen-bond donors (Lipinski definition) is 0. The van der Waals surface area contributed by atoms with Crippen molar-refractivity contribution in [1.29, 1.82) is 0 Å². The van der Waals surface area contributed by atoms with E-state index >= 15 is 0 Å². The minimum atomic E-state index is 0.154. The first-order valence-corrected chi connectivity index (χ1v) is 10.6. The van der Waals surface area contributed by atoms with Gasteiger partial charge in [-0.25, -0.2) is 9.50 Å². The van der Waals surface area contributed by atoms with E-state index in [0.717, 1.165) is 36.3 Å². The third-order valence-electron chi connectivity index (χ3n) is 6.33. The number of rotatable bonds is 4. The Balaban J connectivity index is 1.38. The lowest BCUT2D eigenvalue weighted by Gasteiger charge is -2.26. The molecule has 1 aliphatic rings. The van der Waals surface area contributed by atoms with Gasteiger partial charge in [-0.05, 0) is 55.0 Å². The first kappa shape index (κ1) is 18.7. The minimum absolute atomic E-state index is 0.154. The van der Waals surface area contributed by atoms with E-state index in [2.05, 4.69) is 62.4 Å². The molecule has 0 N–H and O–H groups in total. The van der Waals surface area contributed by atoms with Crippen LogP contribution in [0.4, 0.5) is 0 Å². The Morgan fingerprint density at radius 1 is 1.13 bits per heavy atom. The van der Waals surface area contributed by atoms with E-state index in [4.69, 9.17) is 0 Å². The standard InChI is InChI=1S/C24H25N5O/c1-16-19(17(2)29-24(27-16)25-15-26-29)12-13-23(30)28-14-6-11-22(28)21-10-5-8-18-7-3-4-9-20(18)21/h3-5,7-10,15,22H,6,11-14H2,1-2H3. The van der Waals surface area contributed by atoms with Crippen molar-refractivity contribution in [2.45, 2.75) is 45.6 Å². The van der Waals surface area contributed by atoms with Crippen LogP contribution in [0.15, 0.2) is 48.8 Å². The minimum Gasteiger partial charge on any atom is -0.336 e. The molecule has 6 heteroatoms. The summed E-state index contributed by atoms with van der Waals surface area (Å²) in [5, 5.41) is 6.73. The monoisotopic (exact) mass is 399 g/mol. The maximum atomic E-state index is 13.2. The van der Waals surface area contributed by atoms with Crippen molar-refractivity contribution in [2.75, 3.05) is 6.54 Å². The zero-order valence-electron chi connectivity index (χ0n) is 17.4. The number of carbonyl (C=O) groups is 1. The van der Waals surface area contributed by atoms with E-state index in [1.165, 1.54) is 22.7 Å². The molecule has 5 rings (SSSR count). The lowest BCUT2D eigenvalue weighted by Crippen LogP contribution is -2.31. The fraction of sp³-hybridized carbons (Fsp3) is 0.333. The van der Waals surface area contributed by atoms with Gasteiger partial charge in [-0.2, -0.15) is 10.1 Å². The van der Waals surface area contributed by atoms with Crippen LogP contribution in [0.25, 0.3) is 16.6 Å². The molecular formula is C24H25N5O. The first-order valence-electron chi connectivity index (χ1n) is 10.6. The number of hydrogen-bond acceptors (Lipinski definition) is 4. The molecular weight excluding hydrogens is 374 g/mol. The third kappa shape index (κ3) is 3.12. The van der Waals surface area contributed by atoms with Crippen molar-refractivity contribution in [2.24, 2.45) is 0 Å². The van der Waals surface area contributed by atoms with Crippen LogP contribution in [-0.4, -0.2) is 36.9 Å². The van der Waals surface area contributed by atoms with Gasteiger partial charge in [0, 0.05) is 24.4 Å². The van der Waals surface area contributed by atoms with Gasteiger partial charge in [0.1, 0.15) is 6.33 Å². The molecule has 1 unspecified atom stereocenters. The van der Waals surface area contributed by atoms with Crippen molar-refractivity contribution in [1.82, 2.24) is 24.5 Å². The fourth-order valence-corrected chi connectivity index (χ4v) is 4.82. The Hall–Kier alpha value is -3.28.